The zero-order valence-electron chi connectivity index (χ0n) is 10.4. The van der Waals surface area contributed by atoms with E-state index < -0.39 is 28.5 Å². The quantitative estimate of drug-likeness (QED) is 0.476. The van der Waals surface area contributed by atoms with Gasteiger partial charge in [0, 0.05) is 30.9 Å². The van der Waals surface area contributed by atoms with Gasteiger partial charge in [-0.25, -0.2) is 4.39 Å². The molecule has 0 N–H and O–H groups in total. The lowest BCUT2D eigenvalue weighted by molar-refractivity contribution is -0.385. The Hall–Kier alpha value is -1.86. The van der Waals surface area contributed by atoms with E-state index in [1.165, 1.54) is 0 Å². The number of benzene rings is 1. The number of anilines is 1. The minimum absolute atomic E-state index is 0.110. The predicted octanol–water partition coefficient (Wildman–Crippen LogP) is 3.55. The second-order valence-electron chi connectivity index (χ2n) is 4.65. The van der Waals surface area contributed by atoms with E-state index in [-0.39, 0.29) is 31.6 Å². The summed E-state index contributed by atoms with van der Waals surface area (Å²) in [4.78, 5) is 11.4. The fourth-order valence-corrected chi connectivity index (χ4v) is 2.15. The highest BCUT2D eigenvalue weighted by Gasteiger charge is 2.33. The van der Waals surface area contributed by atoms with Crippen molar-refractivity contribution in [2.24, 2.45) is 0 Å². The third kappa shape index (κ3) is 3.17. The van der Waals surface area contributed by atoms with Gasteiger partial charge in [-0.3, -0.25) is 10.1 Å². The summed E-state index contributed by atoms with van der Waals surface area (Å²) < 4.78 is 51.3. The van der Waals surface area contributed by atoms with Crippen LogP contribution in [0.25, 0.3) is 0 Å². The Balaban J connectivity index is 2.37. The molecule has 110 valence electrons. The first-order chi connectivity index (χ1) is 9.27. The van der Waals surface area contributed by atoms with Gasteiger partial charge in [0.05, 0.1) is 10.5 Å². The second kappa shape index (κ2) is 5.26. The summed E-state index contributed by atoms with van der Waals surface area (Å²) >= 11 is 0. The SMILES string of the molecule is O=[N+]([O-])c1cc(N2CCC(F)CC2)cc(C(F)(F)F)c1. The molecule has 1 fully saturated rings. The Morgan fingerprint density at radius 3 is 2.30 bits per heavy atom. The number of nitro groups is 1. The van der Waals surface area contributed by atoms with E-state index in [1.807, 2.05) is 0 Å². The van der Waals surface area contributed by atoms with Crippen LogP contribution in [0.5, 0.6) is 0 Å². The lowest BCUT2D eigenvalue weighted by Crippen LogP contribution is -2.34. The average Bonchev–Trinajstić information content (AvgIpc) is 2.38. The van der Waals surface area contributed by atoms with Crippen molar-refractivity contribution in [3.05, 3.63) is 33.9 Å². The van der Waals surface area contributed by atoms with E-state index in [0.717, 1.165) is 12.1 Å². The van der Waals surface area contributed by atoms with E-state index >= 15 is 0 Å². The fraction of sp³-hybridized carbons (Fsp3) is 0.500. The molecule has 1 aliphatic rings. The maximum Gasteiger partial charge on any atom is 0.416 e. The van der Waals surface area contributed by atoms with Gasteiger partial charge in [-0.05, 0) is 18.9 Å². The minimum Gasteiger partial charge on any atom is -0.371 e. The van der Waals surface area contributed by atoms with Crippen LogP contribution >= 0.6 is 0 Å². The van der Waals surface area contributed by atoms with Crippen molar-refractivity contribution in [2.75, 3.05) is 18.0 Å². The van der Waals surface area contributed by atoms with Crippen LogP contribution in [-0.4, -0.2) is 24.2 Å². The van der Waals surface area contributed by atoms with Gasteiger partial charge in [0.25, 0.3) is 5.69 Å². The average molecular weight is 292 g/mol. The van der Waals surface area contributed by atoms with Crippen LogP contribution in [0.3, 0.4) is 0 Å². The van der Waals surface area contributed by atoms with Crippen LogP contribution in [0.15, 0.2) is 18.2 Å². The minimum atomic E-state index is -4.65. The Bertz CT molecular complexity index is 511. The van der Waals surface area contributed by atoms with Gasteiger partial charge in [-0.2, -0.15) is 13.2 Å². The first kappa shape index (κ1) is 14.5. The number of alkyl halides is 4. The van der Waals surface area contributed by atoms with Gasteiger partial charge in [0.15, 0.2) is 0 Å². The Morgan fingerprint density at radius 1 is 1.20 bits per heavy atom. The lowest BCUT2D eigenvalue weighted by Gasteiger charge is -2.30. The van der Waals surface area contributed by atoms with Crippen molar-refractivity contribution >= 4 is 11.4 Å². The summed E-state index contributed by atoms with van der Waals surface area (Å²) in [5.41, 5.74) is -1.57. The van der Waals surface area contributed by atoms with Crippen LogP contribution in [0.4, 0.5) is 28.9 Å². The van der Waals surface area contributed by atoms with Crippen molar-refractivity contribution in [1.82, 2.24) is 0 Å². The Morgan fingerprint density at radius 2 is 1.80 bits per heavy atom. The predicted molar refractivity (Wildman–Crippen MR) is 64.4 cm³/mol. The zero-order valence-corrected chi connectivity index (χ0v) is 10.4. The first-order valence-electron chi connectivity index (χ1n) is 6.03. The molecule has 0 aliphatic carbocycles. The van der Waals surface area contributed by atoms with E-state index in [9.17, 15) is 27.7 Å². The van der Waals surface area contributed by atoms with Crippen LogP contribution in [0.1, 0.15) is 18.4 Å². The molecule has 8 heteroatoms. The number of halogens is 4. The second-order valence-corrected chi connectivity index (χ2v) is 4.65. The Labute approximate surface area is 112 Å². The smallest absolute Gasteiger partial charge is 0.371 e. The van der Waals surface area contributed by atoms with Gasteiger partial charge >= 0.3 is 6.18 Å². The summed E-state index contributed by atoms with van der Waals surface area (Å²) in [7, 11) is 0. The molecule has 0 atom stereocenters. The van der Waals surface area contributed by atoms with Crippen molar-refractivity contribution in [1.29, 1.82) is 0 Å². The highest BCUT2D eigenvalue weighted by Crippen LogP contribution is 2.35. The zero-order chi connectivity index (χ0) is 14.9. The molecule has 1 aromatic carbocycles. The van der Waals surface area contributed by atoms with Crippen molar-refractivity contribution < 1.29 is 22.5 Å². The topological polar surface area (TPSA) is 46.4 Å². The summed E-state index contributed by atoms with van der Waals surface area (Å²) in [5, 5.41) is 10.7. The molecule has 20 heavy (non-hydrogen) atoms. The maximum atomic E-state index is 13.0. The van der Waals surface area contributed by atoms with Gasteiger partial charge in [-0.15, -0.1) is 0 Å². The van der Waals surface area contributed by atoms with Crippen molar-refractivity contribution in [3.63, 3.8) is 0 Å². The molecule has 0 saturated carbocycles. The molecule has 4 nitrogen and oxygen atoms in total. The Kier molecular flexibility index (Phi) is 3.82. The first-order valence-corrected chi connectivity index (χ1v) is 6.03. The molecule has 2 rings (SSSR count). The fourth-order valence-electron chi connectivity index (χ4n) is 2.15. The normalized spacial score (nSPS) is 17.3. The van der Waals surface area contributed by atoms with E-state index in [0.29, 0.717) is 6.07 Å². The number of non-ortho nitro benzene ring substituents is 1. The van der Waals surface area contributed by atoms with Crippen LogP contribution in [0, 0.1) is 10.1 Å². The molecule has 1 saturated heterocycles. The van der Waals surface area contributed by atoms with E-state index in [4.69, 9.17) is 0 Å². The number of hydrogen-bond donors (Lipinski definition) is 0. The van der Waals surface area contributed by atoms with Crippen LogP contribution in [-0.2, 0) is 6.18 Å². The molecular weight excluding hydrogens is 280 g/mol. The summed E-state index contributed by atoms with van der Waals surface area (Å²) in [6.45, 7) is 0.499. The highest BCUT2D eigenvalue weighted by atomic mass is 19.4. The van der Waals surface area contributed by atoms with Gasteiger partial charge in [-0.1, -0.05) is 0 Å². The molecule has 1 heterocycles. The molecule has 1 aliphatic heterocycles. The standard InChI is InChI=1S/C12H12F4N2O2/c13-9-1-3-17(4-2-9)10-5-8(12(14,15)16)6-11(7-10)18(19)20/h5-7,9H,1-4H2. The van der Waals surface area contributed by atoms with Gasteiger partial charge in [0.1, 0.15) is 6.17 Å². The largest absolute Gasteiger partial charge is 0.416 e. The summed E-state index contributed by atoms with van der Waals surface area (Å²) in [6.07, 6.45) is -5.19. The number of nitro benzene ring substituents is 1. The third-order valence-corrected chi connectivity index (χ3v) is 3.23. The molecular formula is C12H12F4N2O2. The third-order valence-electron chi connectivity index (χ3n) is 3.23. The van der Waals surface area contributed by atoms with Gasteiger partial charge < -0.3 is 4.90 Å². The highest BCUT2D eigenvalue weighted by molar-refractivity contribution is 5.56. The molecule has 0 unspecified atom stereocenters. The molecule has 0 radical (unpaired) electrons. The molecule has 1 aromatic rings. The van der Waals surface area contributed by atoms with Crippen molar-refractivity contribution in [3.8, 4) is 0 Å². The number of hydrogen-bond acceptors (Lipinski definition) is 3. The molecule has 0 amide bonds. The molecule has 0 bridgehead atoms. The lowest BCUT2D eigenvalue weighted by atomic mass is 10.1. The summed E-state index contributed by atoms with van der Waals surface area (Å²) in [6, 6.07) is 2.46. The summed E-state index contributed by atoms with van der Waals surface area (Å²) in [5.74, 6) is 0. The van der Waals surface area contributed by atoms with Crippen molar-refractivity contribution in [2.45, 2.75) is 25.2 Å². The van der Waals surface area contributed by atoms with Crippen LogP contribution < -0.4 is 4.90 Å². The number of piperidine rings is 1. The number of rotatable bonds is 2. The van der Waals surface area contributed by atoms with E-state index in [2.05, 4.69) is 0 Å². The van der Waals surface area contributed by atoms with E-state index in [1.54, 1.807) is 4.90 Å². The number of nitrogens with zero attached hydrogens (tertiary/aromatic N) is 2. The molecule has 0 aromatic heterocycles. The van der Waals surface area contributed by atoms with Crippen LogP contribution in [0.2, 0.25) is 0 Å². The molecule has 0 spiro atoms. The maximum absolute atomic E-state index is 13.0. The van der Waals surface area contributed by atoms with Gasteiger partial charge in [0.2, 0.25) is 0 Å². The monoisotopic (exact) mass is 292 g/mol.